The number of methoxy groups -OCH3 is 1. The second-order valence-corrected chi connectivity index (χ2v) is 7.66. The summed E-state index contributed by atoms with van der Waals surface area (Å²) in [5, 5.41) is 12.0. The molecule has 0 aromatic heterocycles. The Balaban J connectivity index is 1.72. The van der Waals surface area contributed by atoms with Crippen LogP contribution in [-0.4, -0.2) is 24.0 Å². The van der Waals surface area contributed by atoms with Gasteiger partial charge in [-0.3, -0.25) is 19.8 Å². The van der Waals surface area contributed by atoms with E-state index in [1.807, 2.05) is 0 Å². The van der Waals surface area contributed by atoms with Gasteiger partial charge in [-0.1, -0.05) is 35.3 Å². The number of carbonyl (C=O) groups is 1. The third-order valence-electron chi connectivity index (χ3n) is 4.97. The van der Waals surface area contributed by atoms with Gasteiger partial charge in [-0.25, -0.2) is 0 Å². The van der Waals surface area contributed by atoms with E-state index in [1.54, 1.807) is 55.6 Å². The van der Waals surface area contributed by atoms with E-state index in [9.17, 15) is 14.9 Å². The molecule has 31 heavy (non-hydrogen) atoms. The van der Waals surface area contributed by atoms with Gasteiger partial charge in [-0.2, -0.15) is 0 Å². The van der Waals surface area contributed by atoms with Gasteiger partial charge in [-0.05, 0) is 48.0 Å². The van der Waals surface area contributed by atoms with E-state index in [4.69, 9.17) is 32.7 Å². The summed E-state index contributed by atoms with van der Waals surface area (Å²) in [7, 11) is 1.55. The molecule has 1 aliphatic heterocycles. The Bertz CT molecular complexity index is 1150. The highest BCUT2D eigenvalue weighted by molar-refractivity contribution is 6.35. The van der Waals surface area contributed by atoms with Gasteiger partial charge in [0.15, 0.2) is 0 Å². The number of nitro benzene ring substituents is 1. The van der Waals surface area contributed by atoms with Crippen molar-refractivity contribution in [1.82, 2.24) is 0 Å². The van der Waals surface area contributed by atoms with Crippen LogP contribution >= 0.6 is 23.2 Å². The minimum Gasteiger partial charge on any atom is -0.497 e. The van der Waals surface area contributed by atoms with Crippen molar-refractivity contribution < 1.29 is 19.2 Å². The van der Waals surface area contributed by atoms with Crippen molar-refractivity contribution in [2.75, 3.05) is 12.0 Å². The number of rotatable bonds is 6. The number of benzene rings is 3. The number of nitro groups is 1. The molecule has 0 N–H and O–H groups in total. The predicted molar refractivity (Wildman–Crippen MR) is 117 cm³/mol. The van der Waals surface area contributed by atoms with Crippen molar-refractivity contribution in [1.29, 1.82) is 0 Å². The largest absolute Gasteiger partial charge is 0.497 e. The van der Waals surface area contributed by atoms with E-state index in [0.29, 0.717) is 27.8 Å². The third-order valence-corrected chi connectivity index (χ3v) is 5.50. The molecule has 0 bridgehead atoms. The van der Waals surface area contributed by atoms with Gasteiger partial charge >= 0.3 is 0 Å². The number of β-lactam (4-membered cyclic amide) rings is 1. The number of halogens is 2. The van der Waals surface area contributed by atoms with E-state index >= 15 is 0 Å². The maximum Gasteiger partial charge on any atom is 0.271 e. The number of nitrogens with zero attached hydrogens (tertiary/aromatic N) is 2. The number of anilines is 1. The molecule has 158 valence electrons. The molecule has 2 atom stereocenters. The van der Waals surface area contributed by atoms with Gasteiger partial charge in [0.2, 0.25) is 6.10 Å². The second kappa shape index (κ2) is 8.45. The normalized spacial score (nSPS) is 17.8. The van der Waals surface area contributed by atoms with Crippen LogP contribution in [0.25, 0.3) is 0 Å². The fourth-order valence-corrected chi connectivity index (χ4v) is 3.91. The average molecular weight is 459 g/mol. The van der Waals surface area contributed by atoms with Crippen LogP contribution in [-0.2, 0) is 4.79 Å². The Kier molecular flexibility index (Phi) is 5.71. The summed E-state index contributed by atoms with van der Waals surface area (Å²) >= 11 is 12.2. The molecule has 1 heterocycles. The Labute approximate surface area is 187 Å². The molecule has 1 aliphatic rings. The molecule has 0 radical (unpaired) electrons. The molecule has 3 aromatic carbocycles. The highest BCUT2D eigenvalue weighted by atomic mass is 35.5. The molecule has 4 rings (SSSR count). The average Bonchev–Trinajstić information content (AvgIpc) is 2.77. The molecule has 2 unspecified atom stereocenters. The number of hydrogen-bond acceptors (Lipinski definition) is 5. The zero-order chi connectivity index (χ0) is 22.1. The fourth-order valence-electron chi connectivity index (χ4n) is 3.46. The smallest absolute Gasteiger partial charge is 0.271 e. The van der Waals surface area contributed by atoms with E-state index in [0.717, 1.165) is 0 Å². The van der Waals surface area contributed by atoms with Crippen LogP contribution in [0, 0.1) is 10.1 Å². The van der Waals surface area contributed by atoms with E-state index in [-0.39, 0.29) is 16.6 Å². The maximum atomic E-state index is 13.1. The molecule has 1 amide bonds. The van der Waals surface area contributed by atoms with Crippen molar-refractivity contribution in [3.63, 3.8) is 0 Å². The third kappa shape index (κ3) is 4.02. The van der Waals surface area contributed by atoms with Crippen molar-refractivity contribution in [3.8, 4) is 11.5 Å². The van der Waals surface area contributed by atoms with E-state index in [1.165, 1.54) is 23.1 Å². The molecule has 9 heteroatoms. The zero-order valence-corrected chi connectivity index (χ0v) is 17.7. The Morgan fingerprint density at radius 3 is 2.42 bits per heavy atom. The molecule has 1 fully saturated rings. The highest BCUT2D eigenvalue weighted by Gasteiger charge is 2.51. The van der Waals surface area contributed by atoms with Crippen LogP contribution in [0.2, 0.25) is 10.0 Å². The summed E-state index contributed by atoms with van der Waals surface area (Å²) in [6.07, 6.45) is -0.914. The number of ether oxygens (including phenoxy) is 2. The quantitative estimate of drug-likeness (QED) is 0.278. The van der Waals surface area contributed by atoms with Gasteiger partial charge in [0.25, 0.3) is 11.6 Å². The van der Waals surface area contributed by atoms with Crippen LogP contribution in [0.3, 0.4) is 0 Å². The summed E-state index contributed by atoms with van der Waals surface area (Å²) in [5.74, 6) is 0.645. The van der Waals surface area contributed by atoms with Gasteiger partial charge in [0, 0.05) is 22.8 Å². The van der Waals surface area contributed by atoms with Gasteiger partial charge < -0.3 is 9.47 Å². The van der Waals surface area contributed by atoms with Crippen molar-refractivity contribution in [2.24, 2.45) is 0 Å². The van der Waals surface area contributed by atoms with Crippen LogP contribution < -0.4 is 14.4 Å². The lowest BCUT2D eigenvalue weighted by Crippen LogP contribution is -2.61. The number of hydrogen-bond donors (Lipinski definition) is 0. The standard InChI is InChI=1S/C22H16Cl2N2O5/c1-30-17-8-6-15(7-9-17)25-20(13-3-2-4-16(11-13)26(28)29)21(22(25)27)31-19-10-5-14(23)12-18(19)24/h2-12,20-21H,1H3. The molecule has 7 nitrogen and oxygen atoms in total. The molecule has 0 aliphatic carbocycles. The highest BCUT2D eigenvalue weighted by Crippen LogP contribution is 2.43. The van der Waals surface area contributed by atoms with Crippen LogP contribution in [0.5, 0.6) is 11.5 Å². The Morgan fingerprint density at radius 1 is 1.03 bits per heavy atom. The monoisotopic (exact) mass is 458 g/mol. The topological polar surface area (TPSA) is 81.9 Å². The summed E-state index contributed by atoms with van der Waals surface area (Å²) < 4.78 is 11.1. The van der Waals surface area contributed by atoms with Gasteiger partial charge in [0.05, 0.1) is 17.1 Å². The van der Waals surface area contributed by atoms with Crippen molar-refractivity contribution in [3.05, 3.63) is 92.5 Å². The fraction of sp³-hybridized carbons (Fsp3) is 0.136. The first-order valence-corrected chi connectivity index (χ1v) is 9.98. The first-order valence-electron chi connectivity index (χ1n) is 9.22. The van der Waals surface area contributed by atoms with E-state index in [2.05, 4.69) is 0 Å². The number of carbonyl (C=O) groups excluding carboxylic acids is 1. The molecule has 0 saturated carbocycles. The zero-order valence-electron chi connectivity index (χ0n) is 16.2. The van der Waals surface area contributed by atoms with Gasteiger partial charge in [-0.15, -0.1) is 0 Å². The Morgan fingerprint density at radius 2 is 1.77 bits per heavy atom. The Hall–Kier alpha value is -3.29. The van der Waals surface area contributed by atoms with Crippen molar-refractivity contribution in [2.45, 2.75) is 12.1 Å². The lowest BCUT2D eigenvalue weighted by molar-refractivity contribution is -0.384. The maximum absolute atomic E-state index is 13.1. The summed E-state index contributed by atoms with van der Waals surface area (Å²) in [6.45, 7) is 0. The van der Waals surface area contributed by atoms with Crippen LogP contribution in [0.1, 0.15) is 11.6 Å². The number of amides is 1. The SMILES string of the molecule is COc1ccc(N2C(=O)C(Oc3ccc(Cl)cc3Cl)C2c2cccc([N+](=O)[O-])c2)cc1. The minimum absolute atomic E-state index is 0.0743. The van der Waals surface area contributed by atoms with E-state index < -0.39 is 17.1 Å². The predicted octanol–water partition coefficient (Wildman–Crippen LogP) is 5.45. The summed E-state index contributed by atoms with van der Waals surface area (Å²) in [4.78, 5) is 25.4. The molecule has 0 spiro atoms. The molecular formula is C22H16Cl2N2O5. The molecule has 1 saturated heterocycles. The lowest BCUT2D eigenvalue weighted by Gasteiger charge is -2.46. The van der Waals surface area contributed by atoms with Crippen LogP contribution in [0.4, 0.5) is 11.4 Å². The van der Waals surface area contributed by atoms with Gasteiger partial charge in [0.1, 0.15) is 17.5 Å². The summed E-state index contributed by atoms with van der Waals surface area (Å²) in [6, 6.07) is 17.2. The summed E-state index contributed by atoms with van der Waals surface area (Å²) in [5.41, 5.74) is 1.11. The second-order valence-electron chi connectivity index (χ2n) is 6.82. The first kappa shape index (κ1) is 21.0. The molecule has 3 aromatic rings. The van der Waals surface area contributed by atoms with Crippen molar-refractivity contribution >= 4 is 40.5 Å². The molecular weight excluding hydrogens is 443 g/mol. The first-order chi connectivity index (χ1) is 14.9. The minimum atomic E-state index is -0.914. The number of non-ortho nitro benzene ring substituents is 1. The lowest BCUT2D eigenvalue weighted by atomic mass is 9.89. The van der Waals surface area contributed by atoms with Crippen LogP contribution in [0.15, 0.2) is 66.7 Å².